The van der Waals surface area contributed by atoms with Crippen LogP contribution in [0.2, 0.25) is 0 Å². The van der Waals surface area contributed by atoms with Crippen LogP contribution in [0.5, 0.6) is 57.5 Å². The highest BCUT2D eigenvalue weighted by atomic mass is 16.5. The molecule has 0 aromatic heterocycles. The number of benzene rings is 4. The van der Waals surface area contributed by atoms with Gasteiger partial charge in [0.1, 0.15) is 46.7 Å². The second-order valence-corrected chi connectivity index (χ2v) is 10.5. The Morgan fingerprint density at radius 2 is 1.33 bits per heavy atom. The summed E-state index contributed by atoms with van der Waals surface area (Å²) in [5.41, 5.74) is 0.685. The van der Waals surface area contributed by atoms with Crippen molar-refractivity contribution < 1.29 is 60.2 Å². The van der Waals surface area contributed by atoms with Gasteiger partial charge in [-0.1, -0.05) is 12.1 Å². The molecule has 0 amide bonds. The number of fused-ring (bicyclic) bond motifs is 2. The largest absolute Gasteiger partial charge is 0.508 e. The molecular formula is C31H28O12. The number of aromatic hydroxyl groups is 7. The topological polar surface area (TPSA) is 210 Å². The normalized spacial score (nSPS) is 22.5. The van der Waals surface area contributed by atoms with Gasteiger partial charge in [0, 0.05) is 41.3 Å². The van der Waals surface area contributed by atoms with Crippen LogP contribution in [0.15, 0.2) is 54.6 Å². The van der Waals surface area contributed by atoms with E-state index in [0.29, 0.717) is 5.56 Å². The molecule has 43 heavy (non-hydrogen) atoms. The maximum absolute atomic E-state index is 11.9. The molecule has 0 saturated carbocycles. The van der Waals surface area contributed by atoms with E-state index in [2.05, 4.69) is 0 Å². The Hall–Kier alpha value is -5.20. The van der Waals surface area contributed by atoms with E-state index >= 15 is 0 Å². The van der Waals surface area contributed by atoms with Gasteiger partial charge in [-0.2, -0.15) is 0 Å². The smallest absolute Gasteiger partial charge is 0.160 e. The van der Waals surface area contributed by atoms with Crippen LogP contribution in [0.25, 0.3) is 0 Å². The quantitative estimate of drug-likeness (QED) is 0.156. The predicted octanol–water partition coefficient (Wildman–Crippen LogP) is 3.30. The van der Waals surface area contributed by atoms with Gasteiger partial charge >= 0.3 is 0 Å². The molecule has 2 aliphatic rings. The molecule has 5 atom stereocenters. The lowest BCUT2D eigenvalue weighted by atomic mass is 9.77. The van der Waals surface area contributed by atoms with E-state index in [4.69, 9.17) is 14.2 Å². The number of rotatable bonds is 4. The van der Waals surface area contributed by atoms with Crippen LogP contribution >= 0.6 is 0 Å². The molecule has 4 aromatic rings. The Bertz CT molecular complexity index is 1740. The van der Waals surface area contributed by atoms with Crippen LogP contribution < -0.4 is 14.2 Å². The lowest BCUT2D eigenvalue weighted by Crippen LogP contribution is -2.36. The molecule has 2 aliphatic heterocycles. The molecule has 224 valence electrons. The highest BCUT2D eigenvalue weighted by molar-refractivity contribution is 5.66. The Kier molecular flexibility index (Phi) is 6.67. The summed E-state index contributed by atoms with van der Waals surface area (Å²) in [6.07, 6.45) is -5.25. The van der Waals surface area contributed by atoms with Crippen molar-refractivity contribution in [3.8, 4) is 57.5 Å². The van der Waals surface area contributed by atoms with Crippen LogP contribution in [-0.2, 0) is 6.42 Å². The molecule has 0 bridgehead atoms. The van der Waals surface area contributed by atoms with Crippen LogP contribution in [0, 0.1) is 0 Å². The fourth-order valence-electron chi connectivity index (χ4n) is 5.86. The number of ether oxygens (including phenoxy) is 3. The first-order valence-corrected chi connectivity index (χ1v) is 13.2. The molecule has 9 N–H and O–H groups in total. The van der Waals surface area contributed by atoms with Crippen molar-refractivity contribution in [1.82, 2.24) is 0 Å². The molecule has 0 spiro atoms. The zero-order valence-electron chi connectivity index (χ0n) is 22.5. The fraction of sp³-hybridized carbons (Fsp3) is 0.226. The number of hydrogen-bond acceptors (Lipinski definition) is 12. The van der Waals surface area contributed by atoms with E-state index < -0.39 is 47.6 Å². The summed E-state index contributed by atoms with van der Waals surface area (Å²) in [7, 11) is 1.35. The molecular weight excluding hydrogens is 564 g/mol. The second kappa shape index (κ2) is 10.3. The molecule has 12 nitrogen and oxygen atoms in total. The van der Waals surface area contributed by atoms with Crippen LogP contribution in [0.1, 0.15) is 45.9 Å². The fourth-order valence-corrected chi connectivity index (χ4v) is 5.86. The minimum absolute atomic E-state index is 0.00373. The van der Waals surface area contributed by atoms with Crippen molar-refractivity contribution in [3.63, 3.8) is 0 Å². The number of aliphatic hydroxyl groups is 2. The summed E-state index contributed by atoms with van der Waals surface area (Å²) in [6.45, 7) is 0. The maximum Gasteiger partial charge on any atom is 0.160 e. The Morgan fingerprint density at radius 3 is 2.02 bits per heavy atom. The molecule has 0 radical (unpaired) electrons. The third-order valence-electron chi connectivity index (χ3n) is 7.88. The molecule has 5 unspecified atom stereocenters. The minimum atomic E-state index is -1.54. The van der Waals surface area contributed by atoms with Crippen molar-refractivity contribution >= 4 is 0 Å². The SMILES string of the molecule is COc1cc(C2Oc3cc(O)cc(O)c3C(c3c(O)cc(O)c4c3OC(c3ccc(O)c(O)c3)C(O)C4)C2O)ccc1O. The van der Waals surface area contributed by atoms with Crippen molar-refractivity contribution in [2.45, 2.75) is 36.8 Å². The summed E-state index contributed by atoms with van der Waals surface area (Å²) in [5.74, 6) is -4.00. The maximum atomic E-state index is 11.9. The van der Waals surface area contributed by atoms with Crippen molar-refractivity contribution in [3.05, 3.63) is 82.4 Å². The number of hydrogen-bond donors (Lipinski definition) is 9. The minimum Gasteiger partial charge on any atom is -0.508 e. The van der Waals surface area contributed by atoms with Crippen LogP contribution in [-0.4, -0.2) is 65.3 Å². The Morgan fingerprint density at radius 1 is 0.651 bits per heavy atom. The van der Waals surface area contributed by atoms with Gasteiger partial charge in [0.2, 0.25) is 0 Å². The van der Waals surface area contributed by atoms with E-state index in [-0.39, 0.29) is 68.9 Å². The second-order valence-electron chi connectivity index (χ2n) is 10.5. The average molecular weight is 593 g/mol. The zero-order chi connectivity index (χ0) is 30.7. The number of methoxy groups -OCH3 is 1. The van der Waals surface area contributed by atoms with E-state index in [1.807, 2.05) is 0 Å². The monoisotopic (exact) mass is 592 g/mol. The van der Waals surface area contributed by atoms with Gasteiger partial charge in [0.15, 0.2) is 29.1 Å². The lowest BCUT2D eigenvalue weighted by molar-refractivity contribution is 0.00115. The molecule has 4 aromatic carbocycles. The van der Waals surface area contributed by atoms with Gasteiger partial charge in [0.25, 0.3) is 0 Å². The summed E-state index contributed by atoms with van der Waals surface area (Å²) >= 11 is 0. The summed E-state index contributed by atoms with van der Waals surface area (Å²) < 4.78 is 17.4. The van der Waals surface area contributed by atoms with E-state index in [0.717, 1.165) is 12.1 Å². The van der Waals surface area contributed by atoms with Gasteiger partial charge in [-0.15, -0.1) is 0 Å². The van der Waals surface area contributed by atoms with Crippen LogP contribution in [0.3, 0.4) is 0 Å². The van der Waals surface area contributed by atoms with E-state index in [1.165, 1.54) is 49.6 Å². The Balaban J connectivity index is 1.55. The molecule has 0 aliphatic carbocycles. The highest BCUT2D eigenvalue weighted by Gasteiger charge is 2.46. The first-order valence-electron chi connectivity index (χ1n) is 13.2. The first-order chi connectivity index (χ1) is 20.5. The Labute approximate surface area is 244 Å². The van der Waals surface area contributed by atoms with Gasteiger partial charge in [-0.05, 0) is 35.4 Å². The third kappa shape index (κ3) is 4.57. The van der Waals surface area contributed by atoms with Gasteiger partial charge in [-0.3, -0.25) is 0 Å². The predicted molar refractivity (Wildman–Crippen MR) is 148 cm³/mol. The zero-order valence-corrected chi connectivity index (χ0v) is 22.5. The molecule has 12 heteroatoms. The van der Waals surface area contributed by atoms with Gasteiger partial charge < -0.3 is 60.2 Å². The molecule has 6 rings (SSSR count). The van der Waals surface area contributed by atoms with Crippen molar-refractivity contribution in [2.75, 3.05) is 7.11 Å². The van der Waals surface area contributed by atoms with Crippen LogP contribution in [0.4, 0.5) is 0 Å². The standard InChI is InChI=1S/C31H28O12/c1-41-23-7-13(3-5-17(23)34)30-28(40)27(25-20(37)8-14(32)9-24(25)42-30)26-21(38)11-18(35)15-10-22(39)29(43-31(15)26)12-2-4-16(33)19(36)6-12/h2-9,11,22,27-30,32-40H,10H2,1H3. The van der Waals surface area contributed by atoms with Crippen molar-refractivity contribution in [2.24, 2.45) is 0 Å². The summed E-state index contributed by atoms with van der Waals surface area (Å²) in [6, 6.07) is 11.4. The van der Waals surface area contributed by atoms with Crippen molar-refractivity contribution in [1.29, 1.82) is 0 Å². The van der Waals surface area contributed by atoms with Gasteiger partial charge in [0.05, 0.1) is 19.1 Å². The molecule has 2 heterocycles. The lowest BCUT2D eigenvalue weighted by Gasteiger charge is -2.40. The number of aliphatic hydroxyl groups excluding tert-OH is 2. The summed E-state index contributed by atoms with van der Waals surface area (Å²) in [4.78, 5) is 0. The summed E-state index contributed by atoms with van der Waals surface area (Å²) in [5, 5.41) is 96.0. The first kappa shape index (κ1) is 27.9. The average Bonchev–Trinajstić information content (AvgIpc) is 2.96. The van der Waals surface area contributed by atoms with Gasteiger partial charge in [-0.25, -0.2) is 0 Å². The number of phenols is 7. The highest BCUT2D eigenvalue weighted by Crippen LogP contribution is 2.57. The molecule has 0 fully saturated rings. The van der Waals surface area contributed by atoms with E-state index in [9.17, 15) is 46.0 Å². The number of phenolic OH excluding ortho intramolecular Hbond substituents is 7. The van der Waals surface area contributed by atoms with E-state index in [1.54, 1.807) is 0 Å². The third-order valence-corrected chi connectivity index (χ3v) is 7.88. The molecule has 0 saturated heterocycles.